The highest BCUT2D eigenvalue weighted by Crippen LogP contribution is 2.49. The lowest BCUT2D eigenvalue weighted by Gasteiger charge is -2.27. The van der Waals surface area contributed by atoms with Crippen LogP contribution in [-0.2, 0) is 0 Å². The zero-order valence-electron chi connectivity index (χ0n) is 14.0. The summed E-state index contributed by atoms with van der Waals surface area (Å²) < 4.78 is 0. The van der Waals surface area contributed by atoms with Crippen LogP contribution in [-0.4, -0.2) is 0 Å². The van der Waals surface area contributed by atoms with E-state index in [1.54, 1.807) is 0 Å². The van der Waals surface area contributed by atoms with Crippen molar-refractivity contribution in [3.8, 4) is 0 Å². The average molecular weight is 318 g/mol. The second-order valence-electron chi connectivity index (χ2n) is 6.08. The van der Waals surface area contributed by atoms with Crippen molar-refractivity contribution in [1.82, 2.24) is 0 Å². The van der Waals surface area contributed by atoms with Gasteiger partial charge in [-0.25, -0.2) is 0 Å². The fraction of sp³-hybridized carbons (Fsp3) is 0.182. The predicted molar refractivity (Wildman–Crippen MR) is 103 cm³/mol. The summed E-state index contributed by atoms with van der Waals surface area (Å²) in [5.74, 6) is 0. The van der Waals surface area contributed by atoms with E-state index in [0.717, 1.165) is 0 Å². The maximum atomic E-state index is 2.38. The minimum Gasteiger partial charge on any atom is -0.0622 e. The van der Waals surface area contributed by atoms with Gasteiger partial charge in [0.05, 0.1) is 0 Å². The van der Waals surface area contributed by atoms with Gasteiger partial charge in [-0.15, -0.1) is 0 Å². The lowest BCUT2D eigenvalue weighted by atomic mass is 10.0. The molecule has 0 N–H and O–H groups in total. The maximum Gasteiger partial charge on any atom is 0.00964 e. The third-order valence-electron chi connectivity index (χ3n) is 4.34. The molecule has 3 aromatic carbocycles. The molecule has 0 saturated heterocycles. The molecular formula is C22H23P. The maximum absolute atomic E-state index is 2.38. The van der Waals surface area contributed by atoms with Crippen molar-refractivity contribution in [2.45, 2.75) is 26.4 Å². The van der Waals surface area contributed by atoms with Gasteiger partial charge in [0.2, 0.25) is 0 Å². The van der Waals surface area contributed by atoms with E-state index in [2.05, 4.69) is 99.6 Å². The van der Waals surface area contributed by atoms with Crippen molar-refractivity contribution >= 4 is 18.5 Å². The third kappa shape index (κ3) is 3.54. The molecule has 0 heterocycles. The van der Waals surface area contributed by atoms with E-state index in [-0.39, 0.29) is 0 Å². The summed E-state index contributed by atoms with van der Waals surface area (Å²) in [6.07, 6.45) is 0. The highest BCUT2D eigenvalue weighted by Gasteiger charge is 2.23. The summed E-state index contributed by atoms with van der Waals surface area (Å²) in [6, 6.07) is 28.8. The molecule has 0 saturated carbocycles. The number of rotatable bonds is 4. The molecule has 0 aliphatic rings. The van der Waals surface area contributed by atoms with Gasteiger partial charge in [-0.05, 0) is 43.5 Å². The Morgan fingerprint density at radius 3 is 1.74 bits per heavy atom. The van der Waals surface area contributed by atoms with Crippen LogP contribution in [0.15, 0.2) is 78.9 Å². The van der Waals surface area contributed by atoms with Crippen molar-refractivity contribution in [2.24, 2.45) is 0 Å². The minimum absolute atomic E-state index is 0.417. The first-order chi connectivity index (χ1) is 11.2. The minimum atomic E-state index is -0.417. The zero-order valence-corrected chi connectivity index (χ0v) is 14.9. The quantitative estimate of drug-likeness (QED) is 0.557. The Hall–Kier alpha value is -1.91. The van der Waals surface area contributed by atoms with Crippen molar-refractivity contribution in [3.05, 3.63) is 95.6 Å². The molecule has 0 spiro atoms. The molecule has 0 fully saturated rings. The number of hydrogen-bond donors (Lipinski definition) is 0. The molecule has 1 heteroatoms. The van der Waals surface area contributed by atoms with Crippen molar-refractivity contribution in [1.29, 1.82) is 0 Å². The van der Waals surface area contributed by atoms with Gasteiger partial charge >= 0.3 is 0 Å². The fourth-order valence-electron chi connectivity index (χ4n) is 3.12. The van der Waals surface area contributed by atoms with Crippen LogP contribution in [0.3, 0.4) is 0 Å². The first-order valence-corrected chi connectivity index (χ1v) is 9.54. The summed E-state index contributed by atoms with van der Waals surface area (Å²) in [6.45, 7) is 6.80. The summed E-state index contributed by atoms with van der Waals surface area (Å²) >= 11 is 0. The van der Waals surface area contributed by atoms with E-state index in [9.17, 15) is 0 Å². The Balaban J connectivity index is 2.10. The number of aryl methyl sites for hydroxylation is 2. The summed E-state index contributed by atoms with van der Waals surface area (Å²) in [4.78, 5) is 0. The van der Waals surface area contributed by atoms with Crippen LogP contribution in [0.5, 0.6) is 0 Å². The van der Waals surface area contributed by atoms with E-state index >= 15 is 0 Å². The lowest BCUT2D eigenvalue weighted by molar-refractivity contribution is 1.06. The van der Waals surface area contributed by atoms with Gasteiger partial charge in [0.1, 0.15) is 0 Å². The molecule has 116 valence electrons. The Morgan fingerprint density at radius 1 is 0.696 bits per heavy atom. The first-order valence-electron chi connectivity index (χ1n) is 8.13. The van der Waals surface area contributed by atoms with Crippen LogP contribution in [0, 0.1) is 13.8 Å². The van der Waals surface area contributed by atoms with E-state index < -0.39 is 7.92 Å². The van der Waals surface area contributed by atoms with E-state index in [1.807, 2.05) is 0 Å². The standard InChI is InChI=1S/C22H23P/c1-17-14-15-18(2)22(16-17)19(3)23(20-10-6-4-7-11-20)21-12-8-5-9-13-21/h4-16,19H,1-3H3. The van der Waals surface area contributed by atoms with Crippen LogP contribution >= 0.6 is 7.92 Å². The largest absolute Gasteiger partial charge is 0.0622 e. The molecule has 23 heavy (non-hydrogen) atoms. The Labute approximate surface area is 141 Å². The van der Waals surface area contributed by atoms with Crippen LogP contribution in [0.25, 0.3) is 0 Å². The molecule has 1 unspecified atom stereocenters. The normalized spacial score (nSPS) is 12.3. The molecule has 0 radical (unpaired) electrons. The van der Waals surface area contributed by atoms with Crippen LogP contribution in [0.1, 0.15) is 29.3 Å². The second-order valence-corrected chi connectivity index (χ2v) is 8.62. The molecule has 0 aromatic heterocycles. The molecule has 0 aliphatic heterocycles. The molecular weight excluding hydrogens is 295 g/mol. The van der Waals surface area contributed by atoms with Gasteiger partial charge in [0.15, 0.2) is 0 Å². The van der Waals surface area contributed by atoms with Gasteiger partial charge in [-0.1, -0.05) is 91.3 Å². The van der Waals surface area contributed by atoms with Gasteiger partial charge in [-0.2, -0.15) is 0 Å². The van der Waals surface area contributed by atoms with Crippen molar-refractivity contribution in [3.63, 3.8) is 0 Å². The summed E-state index contributed by atoms with van der Waals surface area (Å²) in [7, 11) is -0.417. The molecule has 3 rings (SSSR count). The number of benzene rings is 3. The van der Waals surface area contributed by atoms with E-state index in [4.69, 9.17) is 0 Å². The van der Waals surface area contributed by atoms with E-state index in [1.165, 1.54) is 27.3 Å². The van der Waals surface area contributed by atoms with Gasteiger partial charge in [0, 0.05) is 5.66 Å². The lowest BCUT2D eigenvalue weighted by Crippen LogP contribution is -2.16. The predicted octanol–water partition coefficient (Wildman–Crippen LogP) is 5.50. The van der Waals surface area contributed by atoms with Gasteiger partial charge in [-0.3, -0.25) is 0 Å². The van der Waals surface area contributed by atoms with Crippen LogP contribution < -0.4 is 10.6 Å². The monoisotopic (exact) mass is 318 g/mol. The van der Waals surface area contributed by atoms with Crippen molar-refractivity contribution < 1.29 is 0 Å². The first kappa shape index (κ1) is 16.0. The van der Waals surface area contributed by atoms with Crippen molar-refractivity contribution in [2.75, 3.05) is 0 Å². The topological polar surface area (TPSA) is 0 Å². The van der Waals surface area contributed by atoms with E-state index in [0.29, 0.717) is 5.66 Å². The molecule has 1 atom stereocenters. The number of hydrogen-bond acceptors (Lipinski definition) is 0. The van der Waals surface area contributed by atoms with Crippen LogP contribution in [0.4, 0.5) is 0 Å². The fourth-order valence-corrected chi connectivity index (χ4v) is 5.86. The molecule has 0 bridgehead atoms. The summed E-state index contributed by atoms with van der Waals surface area (Å²) in [5.41, 5.74) is 4.70. The van der Waals surface area contributed by atoms with Gasteiger partial charge < -0.3 is 0 Å². The molecule has 0 nitrogen and oxygen atoms in total. The smallest absolute Gasteiger partial charge is 0.00964 e. The highest BCUT2D eigenvalue weighted by atomic mass is 31.1. The SMILES string of the molecule is Cc1ccc(C)c(C(C)P(c2ccccc2)c2ccccc2)c1. The Bertz CT molecular complexity index is 723. The summed E-state index contributed by atoms with van der Waals surface area (Å²) in [5, 5.41) is 2.89. The molecule has 0 aliphatic carbocycles. The van der Waals surface area contributed by atoms with Crippen LogP contribution in [0.2, 0.25) is 0 Å². The molecule has 0 amide bonds. The Kier molecular flexibility index (Phi) is 4.94. The highest BCUT2D eigenvalue weighted by molar-refractivity contribution is 7.73. The third-order valence-corrected chi connectivity index (χ3v) is 7.10. The van der Waals surface area contributed by atoms with Gasteiger partial charge in [0.25, 0.3) is 0 Å². The Morgan fingerprint density at radius 2 is 1.22 bits per heavy atom. The second kappa shape index (κ2) is 7.11. The average Bonchev–Trinajstić information content (AvgIpc) is 2.59. The molecule has 3 aromatic rings. The zero-order chi connectivity index (χ0) is 16.2.